The summed E-state index contributed by atoms with van der Waals surface area (Å²) in [6.07, 6.45) is 6.29. The number of para-hydroxylation sites is 2. The van der Waals surface area contributed by atoms with E-state index in [2.05, 4.69) is 62.1 Å². The first-order valence-corrected chi connectivity index (χ1v) is 10.8. The van der Waals surface area contributed by atoms with Gasteiger partial charge in [0.2, 0.25) is 0 Å². The van der Waals surface area contributed by atoms with Crippen molar-refractivity contribution in [2.75, 3.05) is 33.2 Å². The lowest BCUT2D eigenvalue weighted by atomic mass is 10.0. The van der Waals surface area contributed by atoms with Crippen LogP contribution in [0.4, 0.5) is 0 Å². The Bertz CT molecular complexity index is 765. The number of fused-ring (bicyclic) bond motifs is 1. The molecule has 1 aromatic carbocycles. The van der Waals surface area contributed by atoms with E-state index >= 15 is 0 Å². The van der Waals surface area contributed by atoms with Crippen LogP contribution >= 0.6 is 0 Å². The van der Waals surface area contributed by atoms with Crippen molar-refractivity contribution in [1.29, 1.82) is 0 Å². The molecule has 3 rings (SSSR count). The number of aryl methyl sites for hydroxylation is 2. The zero-order valence-corrected chi connectivity index (χ0v) is 17.7. The number of benzene rings is 1. The van der Waals surface area contributed by atoms with Gasteiger partial charge in [0.25, 0.3) is 0 Å². The lowest BCUT2D eigenvalue weighted by Crippen LogP contribution is -2.41. The van der Waals surface area contributed by atoms with Crippen molar-refractivity contribution >= 4 is 17.0 Å². The fourth-order valence-corrected chi connectivity index (χ4v) is 4.12. The van der Waals surface area contributed by atoms with E-state index in [1.807, 2.05) is 13.1 Å². The van der Waals surface area contributed by atoms with Crippen LogP contribution in [0.15, 0.2) is 29.3 Å². The Morgan fingerprint density at radius 2 is 1.89 bits per heavy atom. The van der Waals surface area contributed by atoms with Crippen molar-refractivity contribution in [3.05, 3.63) is 30.1 Å². The number of likely N-dealkylation sites (tertiary alicyclic amines) is 1. The number of nitrogens with zero attached hydrogens (tertiary/aromatic N) is 4. The minimum Gasteiger partial charge on any atom is -0.356 e. The molecule has 1 fully saturated rings. The molecule has 6 heteroatoms. The van der Waals surface area contributed by atoms with Crippen LogP contribution < -0.4 is 10.6 Å². The van der Waals surface area contributed by atoms with Crippen LogP contribution in [0.5, 0.6) is 0 Å². The van der Waals surface area contributed by atoms with E-state index in [0.29, 0.717) is 0 Å². The first kappa shape index (κ1) is 20.6. The molecule has 1 atom stereocenters. The number of aromatic nitrogens is 2. The van der Waals surface area contributed by atoms with Gasteiger partial charge in [-0.25, -0.2) is 4.98 Å². The minimum atomic E-state index is 0.744. The highest BCUT2D eigenvalue weighted by Gasteiger charge is 2.17. The van der Waals surface area contributed by atoms with Crippen LogP contribution in [0, 0.1) is 6.92 Å². The molecule has 2 N–H and O–H groups in total. The van der Waals surface area contributed by atoms with Crippen LogP contribution in [0.3, 0.4) is 0 Å². The predicted octanol–water partition coefficient (Wildman–Crippen LogP) is 3.16. The van der Waals surface area contributed by atoms with Gasteiger partial charge in [-0.1, -0.05) is 18.6 Å². The maximum atomic E-state index is 4.64. The molecule has 154 valence electrons. The molecule has 28 heavy (non-hydrogen) atoms. The van der Waals surface area contributed by atoms with E-state index in [1.165, 1.54) is 37.9 Å². The molecule has 6 nitrogen and oxygen atoms in total. The van der Waals surface area contributed by atoms with Crippen LogP contribution in [-0.4, -0.2) is 59.7 Å². The average Bonchev–Trinajstić information content (AvgIpc) is 3.03. The maximum Gasteiger partial charge on any atom is 0.190 e. The topological polar surface area (TPSA) is 57.5 Å². The Morgan fingerprint density at radius 1 is 1.14 bits per heavy atom. The molecule has 0 aliphatic carbocycles. The standard InChI is InChI=1S/C22H36N6/c1-18-10-6-7-15-27(18)16-8-13-24-22(23-3)25-14-9-17-28-19(2)26-20-11-4-5-12-21(20)28/h4-5,11-12,18H,6-10,13-17H2,1-3H3,(H2,23,24,25). The third kappa shape index (κ3) is 5.47. The molecule has 2 aromatic rings. The van der Waals surface area contributed by atoms with Gasteiger partial charge in [0.05, 0.1) is 11.0 Å². The second-order valence-corrected chi connectivity index (χ2v) is 7.81. The van der Waals surface area contributed by atoms with Crippen molar-refractivity contribution in [2.45, 2.75) is 58.5 Å². The van der Waals surface area contributed by atoms with Crippen molar-refractivity contribution in [3.63, 3.8) is 0 Å². The number of hydrogen-bond donors (Lipinski definition) is 2. The third-order valence-electron chi connectivity index (χ3n) is 5.78. The first-order valence-electron chi connectivity index (χ1n) is 10.8. The Kier molecular flexibility index (Phi) is 7.71. The molecule has 2 heterocycles. The van der Waals surface area contributed by atoms with Crippen LogP contribution in [-0.2, 0) is 6.54 Å². The highest BCUT2D eigenvalue weighted by molar-refractivity contribution is 5.79. The quantitative estimate of drug-likeness (QED) is 0.417. The van der Waals surface area contributed by atoms with Gasteiger partial charge < -0.3 is 20.1 Å². The number of rotatable bonds is 8. The molecule has 0 spiro atoms. The van der Waals surface area contributed by atoms with Gasteiger partial charge in [-0.15, -0.1) is 0 Å². The van der Waals surface area contributed by atoms with Gasteiger partial charge in [0.1, 0.15) is 5.82 Å². The molecule has 0 saturated carbocycles. The number of imidazole rings is 1. The molecule has 1 saturated heterocycles. The van der Waals surface area contributed by atoms with Crippen LogP contribution in [0.2, 0.25) is 0 Å². The molecule has 1 aliphatic heterocycles. The van der Waals surface area contributed by atoms with Crippen molar-refractivity contribution < 1.29 is 0 Å². The Labute approximate surface area is 169 Å². The van der Waals surface area contributed by atoms with Gasteiger partial charge in [0, 0.05) is 39.3 Å². The lowest BCUT2D eigenvalue weighted by Gasteiger charge is -2.33. The van der Waals surface area contributed by atoms with E-state index < -0.39 is 0 Å². The van der Waals surface area contributed by atoms with Crippen molar-refractivity contribution in [2.24, 2.45) is 4.99 Å². The molecule has 0 amide bonds. The SMILES string of the molecule is CN=C(NCCCN1CCCCC1C)NCCCn1c(C)nc2ccccc21. The highest BCUT2D eigenvalue weighted by atomic mass is 15.2. The second-order valence-electron chi connectivity index (χ2n) is 7.81. The summed E-state index contributed by atoms with van der Waals surface area (Å²) < 4.78 is 2.30. The molecule has 0 bridgehead atoms. The summed E-state index contributed by atoms with van der Waals surface area (Å²) in [4.78, 5) is 11.6. The van der Waals surface area contributed by atoms with Crippen molar-refractivity contribution in [1.82, 2.24) is 25.1 Å². The summed E-state index contributed by atoms with van der Waals surface area (Å²) in [5, 5.41) is 6.89. The number of piperidine rings is 1. The van der Waals surface area contributed by atoms with E-state index in [0.717, 1.165) is 55.8 Å². The van der Waals surface area contributed by atoms with Gasteiger partial charge in [0.15, 0.2) is 5.96 Å². The molecule has 1 aromatic heterocycles. The largest absolute Gasteiger partial charge is 0.356 e. The molecule has 1 unspecified atom stereocenters. The number of aliphatic imine (C=N–C) groups is 1. The zero-order chi connectivity index (χ0) is 19.8. The molecule has 1 aliphatic rings. The Hall–Kier alpha value is -2.08. The monoisotopic (exact) mass is 384 g/mol. The van der Waals surface area contributed by atoms with Crippen LogP contribution in [0.1, 0.15) is 44.9 Å². The second kappa shape index (κ2) is 10.5. The normalized spacial score (nSPS) is 18.5. The smallest absolute Gasteiger partial charge is 0.190 e. The Balaban J connectivity index is 1.34. The third-order valence-corrected chi connectivity index (χ3v) is 5.78. The summed E-state index contributed by atoms with van der Waals surface area (Å²) in [5.74, 6) is 1.98. The Morgan fingerprint density at radius 3 is 2.64 bits per heavy atom. The van der Waals surface area contributed by atoms with Gasteiger partial charge >= 0.3 is 0 Å². The number of nitrogens with one attached hydrogen (secondary N) is 2. The van der Waals surface area contributed by atoms with Crippen LogP contribution in [0.25, 0.3) is 11.0 Å². The summed E-state index contributed by atoms with van der Waals surface area (Å²) in [5.41, 5.74) is 2.29. The summed E-state index contributed by atoms with van der Waals surface area (Å²) in [6, 6.07) is 9.09. The van der Waals surface area contributed by atoms with E-state index in [4.69, 9.17) is 0 Å². The predicted molar refractivity (Wildman–Crippen MR) is 118 cm³/mol. The van der Waals surface area contributed by atoms with E-state index in [-0.39, 0.29) is 0 Å². The lowest BCUT2D eigenvalue weighted by molar-refractivity contribution is 0.159. The molecular formula is C22H36N6. The van der Waals surface area contributed by atoms with E-state index in [9.17, 15) is 0 Å². The van der Waals surface area contributed by atoms with E-state index in [1.54, 1.807) is 0 Å². The fraction of sp³-hybridized carbons (Fsp3) is 0.636. The van der Waals surface area contributed by atoms with Gasteiger partial charge in [-0.05, 0) is 58.2 Å². The zero-order valence-electron chi connectivity index (χ0n) is 17.7. The van der Waals surface area contributed by atoms with Gasteiger partial charge in [-0.2, -0.15) is 0 Å². The molecule has 0 radical (unpaired) electrons. The maximum absolute atomic E-state index is 4.64. The number of hydrogen-bond acceptors (Lipinski definition) is 3. The highest BCUT2D eigenvalue weighted by Crippen LogP contribution is 2.16. The minimum absolute atomic E-state index is 0.744. The van der Waals surface area contributed by atoms with Gasteiger partial charge in [-0.3, -0.25) is 4.99 Å². The summed E-state index contributed by atoms with van der Waals surface area (Å²) in [7, 11) is 1.84. The fourth-order valence-electron chi connectivity index (χ4n) is 4.12. The average molecular weight is 385 g/mol. The number of guanidine groups is 1. The summed E-state index contributed by atoms with van der Waals surface area (Å²) >= 11 is 0. The first-order chi connectivity index (χ1) is 13.7. The molecular weight excluding hydrogens is 348 g/mol. The summed E-state index contributed by atoms with van der Waals surface area (Å²) in [6.45, 7) is 9.70. The van der Waals surface area contributed by atoms with Crippen molar-refractivity contribution in [3.8, 4) is 0 Å².